The second kappa shape index (κ2) is 5.45. The molecule has 2 heterocycles. The van der Waals surface area contributed by atoms with Gasteiger partial charge in [-0.25, -0.2) is 0 Å². The minimum atomic E-state index is -0.0282. The lowest BCUT2D eigenvalue weighted by atomic mass is 10.1. The number of nitrogens with one attached hydrogen (secondary N) is 3. The highest BCUT2D eigenvalue weighted by atomic mass is 16.1. The Hall–Kier alpha value is -1.81. The Morgan fingerprint density at radius 3 is 3.05 bits per heavy atom. The van der Waals surface area contributed by atoms with Crippen molar-refractivity contribution in [3.63, 3.8) is 0 Å². The molecule has 3 N–H and O–H groups in total. The molecule has 4 heteroatoms. The molecule has 4 nitrogen and oxygen atoms in total. The van der Waals surface area contributed by atoms with Crippen LogP contribution in [0.15, 0.2) is 35.1 Å². The molecule has 1 aliphatic heterocycles. The number of aromatic amines is 1. The van der Waals surface area contributed by atoms with Crippen molar-refractivity contribution in [2.75, 3.05) is 18.4 Å². The number of benzene rings is 1. The van der Waals surface area contributed by atoms with Gasteiger partial charge in [-0.15, -0.1) is 0 Å². The van der Waals surface area contributed by atoms with Crippen LogP contribution in [-0.4, -0.2) is 24.1 Å². The summed E-state index contributed by atoms with van der Waals surface area (Å²) in [6.45, 7) is 2.02. The predicted molar refractivity (Wildman–Crippen MR) is 78.7 cm³/mol. The van der Waals surface area contributed by atoms with Crippen LogP contribution in [0.25, 0.3) is 10.8 Å². The summed E-state index contributed by atoms with van der Waals surface area (Å²) in [5.41, 5.74) is -0.0282. The molecule has 0 amide bonds. The second-order valence-corrected chi connectivity index (χ2v) is 5.11. The van der Waals surface area contributed by atoms with Crippen molar-refractivity contribution in [3.8, 4) is 0 Å². The van der Waals surface area contributed by atoms with Gasteiger partial charge in [-0.1, -0.05) is 18.2 Å². The summed E-state index contributed by atoms with van der Waals surface area (Å²) in [6, 6.07) is 10.3. The van der Waals surface area contributed by atoms with Crippen molar-refractivity contribution in [2.24, 2.45) is 0 Å². The van der Waals surface area contributed by atoms with E-state index >= 15 is 0 Å². The highest BCUT2D eigenvalue weighted by Gasteiger charge is 2.12. The zero-order valence-corrected chi connectivity index (χ0v) is 10.9. The van der Waals surface area contributed by atoms with Gasteiger partial charge in [-0.2, -0.15) is 0 Å². The molecule has 3 rings (SSSR count). The fourth-order valence-corrected chi connectivity index (χ4v) is 2.69. The number of fused-ring (bicyclic) bond motifs is 1. The first-order valence-corrected chi connectivity index (χ1v) is 6.92. The first kappa shape index (κ1) is 12.2. The quantitative estimate of drug-likeness (QED) is 0.786. The third kappa shape index (κ3) is 2.79. The Balaban J connectivity index is 1.69. The third-order valence-electron chi connectivity index (χ3n) is 3.72. The molecule has 100 valence electrons. The topological polar surface area (TPSA) is 56.9 Å². The Bertz CT molecular complexity index is 614. The molecular weight excluding hydrogens is 238 g/mol. The second-order valence-electron chi connectivity index (χ2n) is 5.11. The fraction of sp³-hybridized carbons (Fsp3) is 0.400. The Morgan fingerprint density at radius 1 is 1.32 bits per heavy atom. The van der Waals surface area contributed by atoms with Crippen LogP contribution in [0.1, 0.15) is 19.3 Å². The Labute approximate surface area is 112 Å². The monoisotopic (exact) mass is 257 g/mol. The maximum atomic E-state index is 11.9. The molecule has 19 heavy (non-hydrogen) atoms. The summed E-state index contributed by atoms with van der Waals surface area (Å²) in [4.78, 5) is 14.8. The first-order valence-electron chi connectivity index (χ1n) is 6.92. The van der Waals surface area contributed by atoms with E-state index < -0.39 is 0 Å². The van der Waals surface area contributed by atoms with Gasteiger partial charge in [0.15, 0.2) is 0 Å². The maximum Gasteiger partial charge on any atom is 0.257 e. The summed E-state index contributed by atoms with van der Waals surface area (Å²) in [6.07, 6.45) is 3.63. The molecule has 1 aromatic heterocycles. The smallest absolute Gasteiger partial charge is 0.257 e. The van der Waals surface area contributed by atoms with Crippen molar-refractivity contribution in [1.29, 1.82) is 0 Å². The van der Waals surface area contributed by atoms with Crippen LogP contribution >= 0.6 is 0 Å². The molecule has 1 fully saturated rings. The van der Waals surface area contributed by atoms with E-state index in [2.05, 4.69) is 15.6 Å². The van der Waals surface area contributed by atoms with Gasteiger partial charge in [0.1, 0.15) is 5.82 Å². The lowest BCUT2D eigenvalue weighted by Crippen LogP contribution is -2.24. The average molecular weight is 257 g/mol. The molecule has 0 radical (unpaired) electrons. The normalized spacial score (nSPS) is 18.8. The zero-order chi connectivity index (χ0) is 13.1. The van der Waals surface area contributed by atoms with E-state index in [0.717, 1.165) is 36.1 Å². The highest BCUT2D eigenvalue weighted by Crippen LogP contribution is 2.13. The molecular formula is C15H19N3O. The van der Waals surface area contributed by atoms with E-state index in [-0.39, 0.29) is 5.56 Å². The maximum absolute atomic E-state index is 11.9. The summed E-state index contributed by atoms with van der Waals surface area (Å²) in [7, 11) is 0. The number of hydrogen-bond acceptors (Lipinski definition) is 3. The molecule has 0 unspecified atom stereocenters. The van der Waals surface area contributed by atoms with Crippen LogP contribution in [0.5, 0.6) is 0 Å². The zero-order valence-electron chi connectivity index (χ0n) is 10.9. The molecule has 1 atom stereocenters. The van der Waals surface area contributed by atoms with Gasteiger partial charge in [0.2, 0.25) is 0 Å². The molecule has 1 aromatic carbocycles. The molecule has 2 aromatic rings. The number of aromatic nitrogens is 1. The molecule has 0 spiro atoms. The van der Waals surface area contributed by atoms with Crippen molar-refractivity contribution in [3.05, 3.63) is 40.7 Å². The number of H-pyrrole nitrogens is 1. The number of rotatable bonds is 4. The van der Waals surface area contributed by atoms with E-state index in [0.29, 0.717) is 6.04 Å². The fourth-order valence-electron chi connectivity index (χ4n) is 2.69. The Kier molecular flexibility index (Phi) is 3.51. The van der Waals surface area contributed by atoms with Gasteiger partial charge in [-0.05, 0) is 43.3 Å². The molecule has 1 saturated heterocycles. The minimum absolute atomic E-state index is 0.0282. The van der Waals surface area contributed by atoms with E-state index in [1.165, 1.54) is 12.8 Å². The van der Waals surface area contributed by atoms with Gasteiger partial charge >= 0.3 is 0 Å². The summed E-state index contributed by atoms with van der Waals surface area (Å²) in [5, 5.41) is 8.50. The van der Waals surface area contributed by atoms with Gasteiger partial charge in [0.25, 0.3) is 5.56 Å². The van der Waals surface area contributed by atoms with E-state index in [4.69, 9.17) is 0 Å². The standard InChI is InChI=1S/C15H19N3O/c19-15-13-6-2-1-4-11(13)10-14(18-15)17-9-7-12-5-3-8-16-12/h1-2,4,6,10,12,16H,3,5,7-9H2,(H2,17,18,19)/t12-/m0/s1. The molecule has 0 saturated carbocycles. The predicted octanol–water partition coefficient (Wildman–Crippen LogP) is 2.08. The van der Waals surface area contributed by atoms with Crippen molar-refractivity contribution in [1.82, 2.24) is 10.3 Å². The summed E-state index contributed by atoms with van der Waals surface area (Å²) < 4.78 is 0. The Morgan fingerprint density at radius 2 is 2.21 bits per heavy atom. The van der Waals surface area contributed by atoms with E-state index in [9.17, 15) is 4.79 Å². The summed E-state index contributed by atoms with van der Waals surface area (Å²) >= 11 is 0. The third-order valence-corrected chi connectivity index (χ3v) is 3.72. The van der Waals surface area contributed by atoms with Gasteiger partial charge < -0.3 is 15.6 Å². The van der Waals surface area contributed by atoms with Crippen molar-refractivity contribution >= 4 is 16.6 Å². The van der Waals surface area contributed by atoms with Gasteiger partial charge in [-0.3, -0.25) is 4.79 Å². The van der Waals surface area contributed by atoms with Crippen LogP contribution in [0.4, 0.5) is 5.82 Å². The van der Waals surface area contributed by atoms with Crippen molar-refractivity contribution < 1.29 is 0 Å². The molecule has 0 aliphatic carbocycles. The first-order chi connectivity index (χ1) is 9.33. The van der Waals surface area contributed by atoms with Crippen LogP contribution in [0, 0.1) is 0 Å². The average Bonchev–Trinajstić information content (AvgIpc) is 2.92. The van der Waals surface area contributed by atoms with Crippen LogP contribution in [0.2, 0.25) is 0 Å². The van der Waals surface area contributed by atoms with Gasteiger partial charge in [0, 0.05) is 18.0 Å². The van der Waals surface area contributed by atoms with Crippen LogP contribution < -0.4 is 16.2 Å². The lowest BCUT2D eigenvalue weighted by molar-refractivity contribution is 0.574. The van der Waals surface area contributed by atoms with E-state index in [1.54, 1.807) is 0 Å². The summed E-state index contributed by atoms with van der Waals surface area (Å²) in [5.74, 6) is 0.807. The number of pyridine rings is 1. The van der Waals surface area contributed by atoms with Crippen molar-refractivity contribution in [2.45, 2.75) is 25.3 Å². The lowest BCUT2D eigenvalue weighted by Gasteiger charge is -2.11. The molecule has 1 aliphatic rings. The highest BCUT2D eigenvalue weighted by molar-refractivity contribution is 5.83. The van der Waals surface area contributed by atoms with Gasteiger partial charge in [0.05, 0.1) is 0 Å². The largest absolute Gasteiger partial charge is 0.371 e. The number of hydrogen-bond donors (Lipinski definition) is 3. The van der Waals surface area contributed by atoms with Crippen LogP contribution in [-0.2, 0) is 0 Å². The van der Waals surface area contributed by atoms with Crippen LogP contribution in [0.3, 0.4) is 0 Å². The van der Waals surface area contributed by atoms with E-state index in [1.807, 2.05) is 30.3 Å². The number of anilines is 1. The molecule has 0 bridgehead atoms. The minimum Gasteiger partial charge on any atom is -0.371 e. The SMILES string of the molecule is O=c1[nH]c(NCC[C@@H]2CCCN2)cc2ccccc12.